The van der Waals surface area contributed by atoms with Crippen molar-refractivity contribution in [1.82, 2.24) is 4.90 Å². The van der Waals surface area contributed by atoms with Crippen molar-refractivity contribution in [3.8, 4) is 0 Å². The smallest absolute Gasteiger partial charge is 0.383 e. The fourth-order valence-electron chi connectivity index (χ4n) is 1.77. The number of carbonyl (C=O) groups excluding carboxylic acids is 2. The lowest BCUT2D eigenvalue weighted by Crippen LogP contribution is -2.38. The third kappa shape index (κ3) is 6.07. The summed E-state index contributed by atoms with van der Waals surface area (Å²) in [5, 5.41) is 2.06. The summed E-state index contributed by atoms with van der Waals surface area (Å²) >= 11 is 5.56. The highest BCUT2D eigenvalue weighted by atomic mass is 35.5. The van der Waals surface area contributed by atoms with Crippen LogP contribution in [0.15, 0.2) is 18.2 Å². The van der Waals surface area contributed by atoms with Crippen molar-refractivity contribution in [2.75, 3.05) is 32.1 Å². The Hall–Kier alpha value is -1.80. The zero-order valence-corrected chi connectivity index (χ0v) is 13.3. The van der Waals surface area contributed by atoms with Crippen molar-refractivity contribution in [2.24, 2.45) is 0 Å². The van der Waals surface area contributed by atoms with Crippen LogP contribution in [0, 0.1) is 0 Å². The van der Waals surface area contributed by atoms with Gasteiger partial charge in [-0.25, -0.2) is 0 Å². The molecule has 1 aromatic rings. The van der Waals surface area contributed by atoms with Crippen LogP contribution in [0.4, 0.5) is 18.9 Å². The Morgan fingerprint density at radius 3 is 2.52 bits per heavy atom. The lowest BCUT2D eigenvalue weighted by atomic mass is 10.1. The number of amides is 2. The summed E-state index contributed by atoms with van der Waals surface area (Å²) < 4.78 is 43.6. The highest BCUT2D eigenvalue weighted by Gasteiger charge is 2.34. The maximum absolute atomic E-state index is 12.9. The molecular weight excluding hydrogens is 337 g/mol. The van der Waals surface area contributed by atoms with Gasteiger partial charge in [-0.3, -0.25) is 9.59 Å². The number of rotatable bonds is 6. The van der Waals surface area contributed by atoms with Gasteiger partial charge in [0.2, 0.25) is 11.8 Å². The van der Waals surface area contributed by atoms with E-state index >= 15 is 0 Å². The van der Waals surface area contributed by atoms with E-state index in [-0.39, 0.29) is 30.6 Å². The van der Waals surface area contributed by atoms with E-state index in [9.17, 15) is 22.8 Å². The Morgan fingerprint density at radius 2 is 2.00 bits per heavy atom. The Kier molecular flexibility index (Phi) is 6.83. The second kappa shape index (κ2) is 8.16. The Balaban J connectivity index is 2.87. The largest absolute Gasteiger partial charge is 0.418 e. The van der Waals surface area contributed by atoms with Gasteiger partial charge < -0.3 is 15.0 Å². The molecule has 0 saturated carbocycles. The number of halogens is 4. The topological polar surface area (TPSA) is 58.6 Å². The number of alkyl halides is 3. The van der Waals surface area contributed by atoms with Crippen LogP contribution in [0.5, 0.6) is 0 Å². The van der Waals surface area contributed by atoms with Crippen LogP contribution in [0.25, 0.3) is 0 Å². The molecular formula is C14H16ClF3N2O3. The number of anilines is 1. The minimum absolute atomic E-state index is 0.0965. The average Bonchev–Trinajstić information content (AvgIpc) is 2.44. The fourth-order valence-corrected chi connectivity index (χ4v) is 1.94. The minimum atomic E-state index is -4.66. The molecule has 0 saturated heterocycles. The van der Waals surface area contributed by atoms with Crippen LogP contribution < -0.4 is 5.32 Å². The van der Waals surface area contributed by atoms with E-state index in [0.29, 0.717) is 0 Å². The number of hydrogen-bond donors (Lipinski definition) is 1. The molecule has 0 radical (unpaired) electrons. The predicted octanol–water partition coefficient (Wildman–Crippen LogP) is 2.79. The van der Waals surface area contributed by atoms with Crippen molar-refractivity contribution in [2.45, 2.75) is 13.1 Å². The fraction of sp³-hybridized carbons (Fsp3) is 0.429. The summed E-state index contributed by atoms with van der Waals surface area (Å²) in [7, 11) is 1.43. The van der Waals surface area contributed by atoms with E-state index in [4.69, 9.17) is 16.3 Å². The van der Waals surface area contributed by atoms with Crippen LogP contribution in [-0.2, 0) is 20.5 Å². The zero-order valence-electron chi connectivity index (χ0n) is 12.5. The number of benzene rings is 1. The van der Waals surface area contributed by atoms with Crippen LogP contribution in [0.2, 0.25) is 5.02 Å². The summed E-state index contributed by atoms with van der Waals surface area (Å²) in [4.78, 5) is 24.5. The molecule has 9 heteroatoms. The van der Waals surface area contributed by atoms with Crippen LogP contribution in [0.3, 0.4) is 0 Å². The summed E-state index contributed by atoms with van der Waals surface area (Å²) in [6, 6.07) is 3.03. The number of ether oxygens (including phenoxy) is 1. The highest BCUT2D eigenvalue weighted by Crippen LogP contribution is 2.36. The third-order valence-corrected chi connectivity index (χ3v) is 3.14. The van der Waals surface area contributed by atoms with Gasteiger partial charge in [-0.05, 0) is 18.2 Å². The molecule has 0 atom stereocenters. The van der Waals surface area contributed by atoms with E-state index in [1.54, 1.807) is 0 Å². The molecule has 0 aliphatic heterocycles. The van der Waals surface area contributed by atoms with E-state index in [1.807, 2.05) is 0 Å². The molecule has 0 aromatic heterocycles. The second-order valence-corrected chi connectivity index (χ2v) is 5.11. The molecule has 5 nitrogen and oxygen atoms in total. The number of methoxy groups -OCH3 is 1. The molecule has 1 aromatic carbocycles. The highest BCUT2D eigenvalue weighted by molar-refractivity contribution is 6.30. The zero-order chi connectivity index (χ0) is 17.6. The second-order valence-electron chi connectivity index (χ2n) is 4.67. The first-order valence-electron chi connectivity index (χ1n) is 6.56. The molecule has 0 unspecified atom stereocenters. The predicted molar refractivity (Wildman–Crippen MR) is 79.2 cm³/mol. The molecule has 0 spiro atoms. The normalized spacial score (nSPS) is 11.2. The summed E-state index contributed by atoms with van der Waals surface area (Å²) in [5.41, 5.74) is -1.47. The van der Waals surface area contributed by atoms with Gasteiger partial charge in [-0.1, -0.05) is 11.6 Å². The van der Waals surface area contributed by atoms with Crippen LogP contribution in [0.1, 0.15) is 12.5 Å². The third-order valence-electron chi connectivity index (χ3n) is 2.91. The van der Waals surface area contributed by atoms with E-state index < -0.39 is 23.3 Å². The van der Waals surface area contributed by atoms with Gasteiger partial charge in [0.15, 0.2) is 0 Å². The first-order chi connectivity index (χ1) is 10.6. The van der Waals surface area contributed by atoms with Gasteiger partial charge in [-0.15, -0.1) is 0 Å². The molecule has 1 N–H and O–H groups in total. The van der Waals surface area contributed by atoms with Crippen LogP contribution >= 0.6 is 11.6 Å². The van der Waals surface area contributed by atoms with Crippen molar-refractivity contribution in [1.29, 1.82) is 0 Å². The summed E-state index contributed by atoms with van der Waals surface area (Å²) in [5.74, 6) is -1.13. The van der Waals surface area contributed by atoms with E-state index in [0.717, 1.165) is 12.1 Å². The van der Waals surface area contributed by atoms with Gasteiger partial charge in [0.25, 0.3) is 0 Å². The Labute approximate surface area is 136 Å². The molecule has 23 heavy (non-hydrogen) atoms. The molecule has 1 rings (SSSR count). The monoisotopic (exact) mass is 352 g/mol. The summed E-state index contributed by atoms with van der Waals surface area (Å²) in [6.07, 6.45) is -4.66. The number of nitrogens with one attached hydrogen (secondary N) is 1. The van der Waals surface area contributed by atoms with Crippen molar-refractivity contribution in [3.63, 3.8) is 0 Å². The van der Waals surface area contributed by atoms with Gasteiger partial charge in [0.05, 0.1) is 24.4 Å². The van der Waals surface area contributed by atoms with Gasteiger partial charge >= 0.3 is 6.18 Å². The SMILES string of the molecule is COCCN(CC(=O)Nc1ccc(Cl)cc1C(F)(F)F)C(C)=O. The molecule has 2 amide bonds. The number of nitrogens with zero attached hydrogens (tertiary/aromatic N) is 1. The van der Waals surface area contributed by atoms with Crippen molar-refractivity contribution < 1.29 is 27.5 Å². The Morgan fingerprint density at radius 1 is 1.35 bits per heavy atom. The van der Waals surface area contributed by atoms with Crippen molar-refractivity contribution >= 4 is 29.1 Å². The van der Waals surface area contributed by atoms with Gasteiger partial charge in [0, 0.05) is 25.6 Å². The first kappa shape index (κ1) is 19.2. The molecule has 128 valence electrons. The van der Waals surface area contributed by atoms with Gasteiger partial charge in [-0.2, -0.15) is 13.2 Å². The molecule has 0 aliphatic rings. The van der Waals surface area contributed by atoms with Crippen molar-refractivity contribution in [3.05, 3.63) is 28.8 Å². The van der Waals surface area contributed by atoms with E-state index in [2.05, 4.69) is 5.32 Å². The van der Waals surface area contributed by atoms with E-state index in [1.165, 1.54) is 25.0 Å². The lowest BCUT2D eigenvalue weighted by Gasteiger charge is -2.21. The number of carbonyl (C=O) groups is 2. The lowest BCUT2D eigenvalue weighted by molar-refractivity contribution is -0.137. The molecule has 0 aliphatic carbocycles. The minimum Gasteiger partial charge on any atom is -0.383 e. The maximum Gasteiger partial charge on any atom is 0.418 e. The Bertz CT molecular complexity index is 579. The standard InChI is InChI=1S/C14H16ClF3N2O3/c1-9(21)20(5-6-23-2)8-13(22)19-12-4-3-10(15)7-11(12)14(16,17)18/h3-4,7H,5-6,8H2,1-2H3,(H,19,22). The first-order valence-corrected chi connectivity index (χ1v) is 6.94. The quantitative estimate of drug-likeness (QED) is 0.856. The maximum atomic E-state index is 12.9. The molecule has 0 bridgehead atoms. The van der Waals surface area contributed by atoms with Gasteiger partial charge in [0.1, 0.15) is 0 Å². The molecule has 0 fully saturated rings. The molecule has 0 heterocycles. The number of hydrogen-bond acceptors (Lipinski definition) is 3. The van der Waals surface area contributed by atoms with Crippen LogP contribution in [-0.4, -0.2) is 43.5 Å². The average molecular weight is 353 g/mol. The summed E-state index contributed by atoms with van der Waals surface area (Å²) in [6.45, 7) is 1.25.